The maximum absolute atomic E-state index is 8.96. The van der Waals surface area contributed by atoms with Crippen LogP contribution in [0.2, 0.25) is 0 Å². The van der Waals surface area contributed by atoms with Crippen LogP contribution in [0.5, 0.6) is 5.75 Å². The molecule has 5 heteroatoms. The van der Waals surface area contributed by atoms with Crippen LogP contribution >= 0.6 is 12.4 Å². The van der Waals surface area contributed by atoms with Gasteiger partial charge in [0.1, 0.15) is 5.75 Å². The molecular weight excluding hydrogens is 166 g/mol. The van der Waals surface area contributed by atoms with Crippen molar-refractivity contribution in [1.29, 1.82) is 0 Å². The lowest BCUT2D eigenvalue weighted by Gasteiger charge is -2.04. The largest absolute Gasteiger partial charge is 0.506 e. The summed E-state index contributed by atoms with van der Waals surface area (Å²) in [5.41, 5.74) is 16.8. The minimum absolute atomic E-state index is 0. The molecule has 0 amide bonds. The second-order valence-electron chi connectivity index (χ2n) is 2.00. The third-order valence-electron chi connectivity index (χ3n) is 1.30. The molecule has 0 atom stereocenters. The van der Waals surface area contributed by atoms with Crippen LogP contribution < -0.4 is 17.2 Å². The first-order chi connectivity index (χ1) is 4.63. The van der Waals surface area contributed by atoms with Gasteiger partial charge in [0.05, 0.1) is 17.1 Å². The number of nitrogens with two attached hydrogens (primary N) is 3. The van der Waals surface area contributed by atoms with Crippen LogP contribution in [0.25, 0.3) is 0 Å². The minimum Gasteiger partial charge on any atom is -0.506 e. The normalized spacial score (nSPS) is 8.73. The van der Waals surface area contributed by atoms with Crippen molar-refractivity contribution in [3.05, 3.63) is 12.1 Å². The van der Waals surface area contributed by atoms with Crippen LogP contribution in [0, 0.1) is 0 Å². The lowest BCUT2D eigenvalue weighted by Crippen LogP contribution is -1.99. The molecule has 1 aromatic rings. The van der Waals surface area contributed by atoms with Crippen molar-refractivity contribution in [2.45, 2.75) is 0 Å². The van der Waals surface area contributed by atoms with Crippen molar-refractivity contribution >= 4 is 29.5 Å². The number of hydrogen-bond donors (Lipinski definition) is 4. The Morgan fingerprint density at radius 2 is 1.55 bits per heavy atom. The van der Waals surface area contributed by atoms with Crippen molar-refractivity contribution in [3.8, 4) is 5.75 Å². The van der Waals surface area contributed by atoms with Crippen molar-refractivity contribution in [2.75, 3.05) is 17.2 Å². The zero-order valence-electron chi connectivity index (χ0n) is 5.74. The van der Waals surface area contributed by atoms with Gasteiger partial charge in [-0.3, -0.25) is 0 Å². The van der Waals surface area contributed by atoms with Gasteiger partial charge in [0.25, 0.3) is 0 Å². The molecule has 0 aliphatic carbocycles. The van der Waals surface area contributed by atoms with Crippen molar-refractivity contribution in [1.82, 2.24) is 0 Å². The number of nitrogen functional groups attached to an aromatic ring is 3. The molecule has 62 valence electrons. The monoisotopic (exact) mass is 175 g/mol. The molecule has 0 aliphatic rings. The molecule has 0 radical (unpaired) electrons. The summed E-state index contributed by atoms with van der Waals surface area (Å²) in [6.45, 7) is 0. The molecule has 0 aromatic heterocycles. The molecule has 0 saturated heterocycles. The Labute approximate surface area is 70.4 Å². The molecule has 1 aromatic carbocycles. The van der Waals surface area contributed by atoms with Gasteiger partial charge < -0.3 is 22.3 Å². The van der Waals surface area contributed by atoms with Gasteiger partial charge in [0.2, 0.25) is 0 Å². The number of benzene rings is 1. The first-order valence-electron chi connectivity index (χ1n) is 2.75. The van der Waals surface area contributed by atoms with Crippen LogP contribution in [-0.4, -0.2) is 5.11 Å². The maximum atomic E-state index is 8.96. The Hall–Kier alpha value is -1.29. The molecule has 0 bridgehead atoms. The van der Waals surface area contributed by atoms with Crippen molar-refractivity contribution < 1.29 is 5.11 Å². The van der Waals surface area contributed by atoms with E-state index >= 15 is 0 Å². The molecule has 0 aliphatic heterocycles. The molecular formula is C6H10ClN3O. The smallest absolute Gasteiger partial charge is 0.140 e. The number of hydrogen-bond acceptors (Lipinski definition) is 4. The van der Waals surface area contributed by atoms with Gasteiger partial charge in [-0.1, -0.05) is 0 Å². The van der Waals surface area contributed by atoms with Crippen LogP contribution in [0.3, 0.4) is 0 Å². The van der Waals surface area contributed by atoms with Crippen molar-refractivity contribution in [3.63, 3.8) is 0 Å². The Morgan fingerprint density at radius 1 is 1.00 bits per heavy atom. The first-order valence-corrected chi connectivity index (χ1v) is 2.75. The van der Waals surface area contributed by atoms with E-state index in [1.807, 2.05) is 0 Å². The van der Waals surface area contributed by atoms with E-state index in [0.29, 0.717) is 5.69 Å². The Morgan fingerprint density at radius 3 is 2.00 bits per heavy atom. The SMILES string of the molecule is Cl.Nc1ccc(O)c(N)c1N. The quantitative estimate of drug-likeness (QED) is 0.263. The number of phenolic OH excluding ortho intramolecular Hbond substituents is 1. The highest BCUT2D eigenvalue weighted by Gasteiger charge is 2.02. The highest BCUT2D eigenvalue weighted by atomic mass is 35.5. The Balaban J connectivity index is 0.000001000. The van der Waals surface area contributed by atoms with Crippen LogP contribution in [-0.2, 0) is 0 Å². The molecule has 0 saturated carbocycles. The number of aromatic hydroxyl groups is 1. The van der Waals surface area contributed by atoms with Gasteiger partial charge in [-0.15, -0.1) is 12.4 Å². The number of anilines is 3. The number of rotatable bonds is 0. The van der Waals surface area contributed by atoms with E-state index in [0.717, 1.165) is 0 Å². The maximum Gasteiger partial charge on any atom is 0.140 e. The summed E-state index contributed by atoms with van der Waals surface area (Å²) in [5, 5.41) is 8.96. The summed E-state index contributed by atoms with van der Waals surface area (Å²) in [4.78, 5) is 0. The molecule has 0 spiro atoms. The fourth-order valence-corrected chi connectivity index (χ4v) is 0.642. The second kappa shape index (κ2) is 3.21. The van der Waals surface area contributed by atoms with Crippen molar-refractivity contribution in [2.24, 2.45) is 0 Å². The fourth-order valence-electron chi connectivity index (χ4n) is 0.642. The van der Waals surface area contributed by atoms with Gasteiger partial charge in [-0.25, -0.2) is 0 Å². The molecule has 11 heavy (non-hydrogen) atoms. The van der Waals surface area contributed by atoms with Crippen LogP contribution in [0.15, 0.2) is 12.1 Å². The van der Waals surface area contributed by atoms with E-state index in [1.165, 1.54) is 12.1 Å². The first kappa shape index (κ1) is 9.71. The topological polar surface area (TPSA) is 98.3 Å². The zero-order chi connectivity index (χ0) is 7.72. The standard InChI is InChI=1S/C6H9N3O.ClH/c7-3-1-2-4(10)6(9)5(3)8;/h1-2,10H,7-9H2;1H. The average molecular weight is 176 g/mol. The third-order valence-corrected chi connectivity index (χ3v) is 1.30. The summed E-state index contributed by atoms with van der Waals surface area (Å²) >= 11 is 0. The van der Waals surface area contributed by atoms with Gasteiger partial charge >= 0.3 is 0 Å². The van der Waals surface area contributed by atoms with E-state index in [-0.39, 0.29) is 29.5 Å². The molecule has 1 rings (SSSR count). The summed E-state index contributed by atoms with van der Waals surface area (Å²) < 4.78 is 0. The molecule has 7 N–H and O–H groups in total. The highest BCUT2D eigenvalue weighted by Crippen LogP contribution is 2.30. The van der Waals surface area contributed by atoms with E-state index in [4.69, 9.17) is 22.3 Å². The zero-order valence-corrected chi connectivity index (χ0v) is 6.56. The summed E-state index contributed by atoms with van der Waals surface area (Å²) in [6, 6.07) is 2.90. The summed E-state index contributed by atoms with van der Waals surface area (Å²) in [7, 11) is 0. The Bertz CT molecular complexity index is 237. The summed E-state index contributed by atoms with van der Waals surface area (Å²) in [6.07, 6.45) is 0. The predicted octanol–water partition coefficient (Wildman–Crippen LogP) is 0.561. The predicted molar refractivity (Wildman–Crippen MR) is 48.6 cm³/mol. The number of phenols is 1. The average Bonchev–Trinajstić information content (AvgIpc) is 1.93. The summed E-state index contributed by atoms with van der Waals surface area (Å²) in [5.74, 6) is -0.0355. The molecule has 4 nitrogen and oxygen atoms in total. The van der Waals surface area contributed by atoms with Crippen LogP contribution in [0.4, 0.5) is 17.1 Å². The number of halogens is 1. The van der Waals surface area contributed by atoms with Gasteiger partial charge in [-0.2, -0.15) is 0 Å². The molecule has 0 heterocycles. The van der Waals surface area contributed by atoms with E-state index in [1.54, 1.807) is 0 Å². The molecule has 0 fully saturated rings. The highest BCUT2D eigenvalue weighted by molar-refractivity contribution is 5.85. The second-order valence-corrected chi connectivity index (χ2v) is 2.00. The van der Waals surface area contributed by atoms with Gasteiger partial charge in [-0.05, 0) is 12.1 Å². The Kier molecular flexibility index (Phi) is 2.83. The third kappa shape index (κ3) is 1.59. The lowest BCUT2D eigenvalue weighted by molar-refractivity contribution is 0.478. The minimum atomic E-state index is -0.0355. The van der Waals surface area contributed by atoms with Crippen LogP contribution in [0.1, 0.15) is 0 Å². The lowest BCUT2D eigenvalue weighted by atomic mass is 10.2. The van der Waals surface area contributed by atoms with Gasteiger partial charge in [0, 0.05) is 0 Å². The fraction of sp³-hybridized carbons (Fsp3) is 0. The van der Waals surface area contributed by atoms with E-state index in [9.17, 15) is 0 Å². The molecule has 0 unspecified atom stereocenters. The van der Waals surface area contributed by atoms with E-state index < -0.39 is 0 Å². The van der Waals surface area contributed by atoms with E-state index in [2.05, 4.69) is 0 Å². The van der Waals surface area contributed by atoms with Gasteiger partial charge in [0.15, 0.2) is 0 Å².